The summed E-state index contributed by atoms with van der Waals surface area (Å²) in [6, 6.07) is 0. The van der Waals surface area contributed by atoms with E-state index >= 15 is 0 Å². The Kier molecular flexibility index (Phi) is 7.81. The largest absolute Gasteiger partial charge is 0.453 e. The highest BCUT2D eigenvalue weighted by molar-refractivity contribution is 9.16. The van der Waals surface area contributed by atoms with E-state index in [2.05, 4.69) is 127 Å². The predicted octanol–water partition coefficient (Wildman–Crippen LogP) is 10.2. The van der Waals surface area contributed by atoms with Gasteiger partial charge in [0.15, 0.2) is 5.75 Å². The second-order valence-electron chi connectivity index (χ2n) is 4.52. The zero-order chi connectivity index (χ0) is 17.6. The van der Waals surface area contributed by atoms with Crippen LogP contribution in [0.15, 0.2) is 35.8 Å². The Labute approximate surface area is 201 Å². The third-order valence-corrected chi connectivity index (χ3v) is 12.8. The Bertz CT molecular complexity index is 690. The molecule has 124 valence electrons. The van der Waals surface area contributed by atoms with Gasteiger partial charge < -0.3 is 4.74 Å². The molecule has 1 nitrogen and oxygen atoms in total. The van der Waals surface area contributed by atoms with Gasteiger partial charge in [-0.05, 0) is 152 Å². The fourth-order valence-electron chi connectivity index (χ4n) is 1.76. The molecule has 2 aromatic rings. The van der Waals surface area contributed by atoms with Crippen molar-refractivity contribution in [2.24, 2.45) is 0 Å². The lowest BCUT2D eigenvalue weighted by Gasteiger charge is -2.19. The van der Waals surface area contributed by atoms with Gasteiger partial charge >= 0.3 is 0 Å². The van der Waals surface area contributed by atoms with Crippen molar-refractivity contribution in [2.75, 3.05) is 0 Å². The number of rotatable bonds is 2. The topological polar surface area (TPSA) is 9.23 Å². The van der Waals surface area contributed by atoms with Crippen LogP contribution in [0.25, 0.3) is 0 Å². The van der Waals surface area contributed by atoms with Gasteiger partial charge in [0.2, 0.25) is 0 Å². The van der Waals surface area contributed by atoms with Crippen LogP contribution in [0.1, 0.15) is 11.1 Å². The molecule has 0 aliphatic heterocycles. The lowest BCUT2D eigenvalue weighted by molar-refractivity contribution is 0.467. The van der Waals surface area contributed by atoms with E-state index < -0.39 is 0 Å². The first kappa shape index (κ1) is 21.4. The first-order valence-corrected chi connectivity index (χ1v) is 12.3. The van der Waals surface area contributed by atoms with Gasteiger partial charge in [0.25, 0.3) is 0 Å². The Balaban J connectivity index is 2.71. The summed E-state index contributed by atoms with van der Waals surface area (Å²) in [5, 5.41) is 0. The molecule has 0 saturated heterocycles. The highest BCUT2D eigenvalue weighted by Crippen LogP contribution is 2.52. The second kappa shape index (κ2) is 8.40. The molecule has 0 radical (unpaired) electrons. The molecule has 0 fully saturated rings. The van der Waals surface area contributed by atoms with Crippen molar-refractivity contribution < 1.29 is 4.74 Å². The Morgan fingerprint density at radius 2 is 0.783 bits per heavy atom. The molecule has 9 heteroatoms. The molecule has 0 unspecified atom stereocenters. The number of halogens is 8. The number of hydrogen-bond acceptors (Lipinski definition) is 1. The molecule has 0 heterocycles. The summed E-state index contributed by atoms with van der Waals surface area (Å²) < 4.78 is 13.3. The van der Waals surface area contributed by atoms with Crippen LogP contribution in [-0.4, -0.2) is 0 Å². The first-order valence-electron chi connectivity index (χ1n) is 5.92. The quantitative estimate of drug-likeness (QED) is 0.217. The predicted molar refractivity (Wildman–Crippen MR) is 124 cm³/mol. The molecule has 0 spiro atoms. The SMILES string of the molecule is Cc1c(C)c(Oc2c(Br)c(Br)c(Br)c(Br)c2Br)c(Br)c(Br)c1Br. The van der Waals surface area contributed by atoms with Gasteiger partial charge in [-0.25, -0.2) is 0 Å². The number of benzene rings is 2. The highest BCUT2D eigenvalue weighted by Gasteiger charge is 2.23. The molecule has 0 aliphatic carbocycles. The molecule has 23 heavy (non-hydrogen) atoms. The van der Waals surface area contributed by atoms with E-state index in [-0.39, 0.29) is 0 Å². The number of hydrogen-bond donors (Lipinski definition) is 0. The third-order valence-electron chi connectivity index (χ3n) is 3.19. The molecule has 0 N–H and O–H groups in total. The van der Waals surface area contributed by atoms with Gasteiger partial charge in [-0.1, -0.05) is 0 Å². The lowest BCUT2D eigenvalue weighted by Crippen LogP contribution is -1.97. The minimum atomic E-state index is 0.671. The van der Waals surface area contributed by atoms with Crippen molar-refractivity contribution in [1.29, 1.82) is 0 Å². The maximum atomic E-state index is 6.26. The van der Waals surface area contributed by atoms with E-state index in [9.17, 15) is 0 Å². The molecule has 0 saturated carbocycles. The maximum Gasteiger partial charge on any atom is 0.158 e. The van der Waals surface area contributed by atoms with Crippen LogP contribution in [0.3, 0.4) is 0 Å². The fraction of sp³-hybridized carbons (Fsp3) is 0.143. The van der Waals surface area contributed by atoms with E-state index in [1.165, 1.54) is 0 Å². The summed E-state index contributed by atoms with van der Waals surface area (Å²) >= 11 is 28.6. The lowest BCUT2D eigenvalue weighted by atomic mass is 10.1. The van der Waals surface area contributed by atoms with Crippen LogP contribution < -0.4 is 4.74 Å². The molecule has 2 rings (SSSR count). The van der Waals surface area contributed by atoms with Crippen molar-refractivity contribution in [2.45, 2.75) is 13.8 Å². The minimum absolute atomic E-state index is 0.671. The van der Waals surface area contributed by atoms with Crippen molar-refractivity contribution in [1.82, 2.24) is 0 Å². The van der Waals surface area contributed by atoms with Gasteiger partial charge in [-0.3, -0.25) is 0 Å². The zero-order valence-corrected chi connectivity index (χ0v) is 24.1. The summed E-state index contributed by atoms with van der Waals surface area (Å²) in [4.78, 5) is 0. The zero-order valence-electron chi connectivity index (χ0n) is 11.4. The van der Waals surface area contributed by atoms with Crippen molar-refractivity contribution in [3.8, 4) is 11.5 Å². The summed E-state index contributed by atoms with van der Waals surface area (Å²) in [6.45, 7) is 4.07. The van der Waals surface area contributed by atoms with Crippen molar-refractivity contribution in [3.63, 3.8) is 0 Å². The van der Waals surface area contributed by atoms with Gasteiger partial charge in [0.05, 0.1) is 22.4 Å². The molecular weight excluding hydrogens is 823 g/mol. The van der Waals surface area contributed by atoms with E-state index in [4.69, 9.17) is 4.74 Å². The Morgan fingerprint density at radius 3 is 1.26 bits per heavy atom. The summed E-state index contributed by atoms with van der Waals surface area (Å²) in [7, 11) is 0. The van der Waals surface area contributed by atoms with E-state index in [1.807, 2.05) is 13.8 Å². The molecule has 0 aliphatic rings. The van der Waals surface area contributed by atoms with E-state index in [0.29, 0.717) is 5.75 Å². The molecule has 2 aromatic carbocycles. The van der Waals surface area contributed by atoms with Gasteiger partial charge in [-0.2, -0.15) is 0 Å². The van der Waals surface area contributed by atoms with Gasteiger partial charge in [0, 0.05) is 13.4 Å². The fourth-order valence-corrected chi connectivity index (χ4v) is 6.75. The maximum absolute atomic E-state index is 6.26. The van der Waals surface area contributed by atoms with Crippen molar-refractivity contribution >= 4 is 127 Å². The van der Waals surface area contributed by atoms with Gasteiger partial charge in [0.1, 0.15) is 5.75 Å². The second-order valence-corrected chi connectivity index (χ2v) is 10.9. The Hall–Kier alpha value is 2.08. The monoisotopic (exact) mass is 821 g/mol. The highest BCUT2D eigenvalue weighted by atomic mass is 79.9. The molecule has 0 bridgehead atoms. The van der Waals surface area contributed by atoms with Crippen LogP contribution >= 0.6 is 127 Å². The van der Waals surface area contributed by atoms with Crippen LogP contribution in [-0.2, 0) is 0 Å². The van der Waals surface area contributed by atoms with E-state index in [0.717, 1.165) is 52.7 Å². The standard InChI is InChI=1S/C14H6Br8O/c1-3-4(2)13(10(20)6(16)5(3)15)23-14-11(21)8(18)7(17)9(19)12(14)22/h1-2H3. The van der Waals surface area contributed by atoms with Crippen molar-refractivity contribution in [3.05, 3.63) is 46.9 Å². The molecule has 0 atom stereocenters. The molecule has 0 aromatic heterocycles. The number of ether oxygens (including phenoxy) is 1. The normalized spacial score (nSPS) is 11.0. The van der Waals surface area contributed by atoms with Crippen LogP contribution in [0, 0.1) is 13.8 Å². The third kappa shape index (κ3) is 4.01. The van der Waals surface area contributed by atoms with Crippen LogP contribution in [0.2, 0.25) is 0 Å². The summed E-state index contributed by atoms with van der Waals surface area (Å²) in [5.74, 6) is 1.42. The summed E-state index contributed by atoms with van der Waals surface area (Å²) in [6.07, 6.45) is 0. The smallest absolute Gasteiger partial charge is 0.158 e. The minimum Gasteiger partial charge on any atom is -0.453 e. The molecular formula is C14H6Br8O. The molecule has 0 amide bonds. The first-order chi connectivity index (χ1) is 10.6. The van der Waals surface area contributed by atoms with Crippen LogP contribution in [0.5, 0.6) is 11.5 Å². The average molecular weight is 829 g/mol. The van der Waals surface area contributed by atoms with E-state index in [1.54, 1.807) is 0 Å². The summed E-state index contributed by atoms with van der Waals surface area (Å²) in [5.41, 5.74) is 2.15. The van der Waals surface area contributed by atoms with Crippen LogP contribution in [0.4, 0.5) is 0 Å². The Morgan fingerprint density at radius 1 is 0.435 bits per heavy atom. The van der Waals surface area contributed by atoms with Gasteiger partial charge in [-0.15, -0.1) is 0 Å². The average Bonchev–Trinajstić information content (AvgIpc) is 2.54.